The zero-order valence-electron chi connectivity index (χ0n) is 15.1. The maximum atomic E-state index is 12.6. The maximum Gasteiger partial charge on any atom is 0.238 e. The number of ether oxygens (including phenoxy) is 1. The van der Waals surface area contributed by atoms with E-state index in [1.54, 1.807) is 0 Å². The summed E-state index contributed by atoms with van der Waals surface area (Å²) in [6.07, 6.45) is 9.26. The molecule has 4 rings (SSSR count). The molecule has 0 N–H and O–H groups in total. The van der Waals surface area contributed by atoms with Crippen molar-refractivity contribution in [2.75, 3.05) is 31.1 Å². The lowest BCUT2D eigenvalue weighted by atomic mass is 9.85. The van der Waals surface area contributed by atoms with Gasteiger partial charge in [0.15, 0.2) is 0 Å². The summed E-state index contributed by atoms with van der Waals surface area (Å²) in [6.45, 7) is 3.94. The minimum Gasteiger partial charge on any atom is -0.492 e. The van der Waals surface area contributed by atoms with Crippen molar-refractivity contribution < 1.29 is 14.3 Å². The van der Waals surface area contributed by atoms with Crippen LogP contribution in [0.3, 0.4) is 0 Å². The molecule has 2 aliphatic heterocycles. The molecule has 1 aliphatic carbocycles. The highest BCUT2D eigenvalue weighted by atomic mass is 16.5. The number of anilines is 1. The fourth-order valence-electron chi connectivity index (χ4n) is 4.22. The molecular formula is C21H26N2O3. The molecule has 26 heavy (non-hydrogen) atoms. The van der Waals surface area contributed by atoms with Gasteiger partial charge in [0.1, 0.15) is 12.4 Å². The first-order valence-corrected chi connectivity index (χ1v) is 9.72. The second-order valence-electron chi connectivity index (χ2n) is 7.41. The third kappa shape index (κ3) is 3.40. The molecule has 0 saturated carbocycles. The summed E-state index contributed by atoms with van der Waals surface area (Å²) in [4.78, 5) is 29.0. The average molecular weight is 354 g/mol. The molecule has 5 nitrogen and oxygen atoms in total. The molecule has 2 heterocycles. The topological polar surface area (TPSA) is 49.9 Å². The highest BCUT2D eigenvalue weighted by Gasteiger charge is 2.47. The Kier molecular flexibility index (Phi) is 5.07. The largest absolute Gasteiger partial charge is 0.492 e. The Morgan fingerprint density at radius 1 is 0.885 bits per heavy atom. The van der Waals surface area contributed by atoms with Gasteiger partial charge in [-0.2, -0.15) is 0 Å². The number of hydrogen-bond donors (Lipinski definition) is 0. The molecule has 5 heteroatoms. The van der Waals surface area contributed by atoms with E-state index in [4.69, 9.17) is 4.74 Å². The standard InChI is InChI=1S/C21H26N2O3/c24-20-18-6-2-3-7-19(18)21(25)23(20)16-8-10-17(11-9-16)26-15-14-22-12-4-1-5-13-22/h2-3,8-11,18-19H,1,4-7,12-15H2. The van der Waals surface area contributed by atoms with Gasteiger partial charge in [0.25, 0.3) is 0 Å². The van der Waals surface area contributed by atoms with Gasteiger partial charge in [0.2, 0.25) is 11.8 Å². The summed E-state index contributed by atoms with van der Waals surface area (Å²) in [7, 11) is 0. The highest BCUT2D eigenvalue weighted by Crippen LogP contribution is 2.37. The van der Waals surface area contributed by atoms with Crippen LogP contribution in [0.2, 0.25) is 0 Å². The number of amides is 2. The number of allylic oxidation sites excluding steroid dienone is 2. The van der Waals surface area contributed by atoms with Crippen LogP contribution < -0.4 is 9.64 Å². The van der Waals surface area contributed by atoms with Crippen molar-refractivity contribution in [3.05, 3.63) is 36.4 Å². The predicted molar refractivity (Wildman–Crippen MR) is 100 cm³/mol. The first-order chi connectivity index (χ1) is 12.7. The number of rotatable bonds is 5. The summed E-state index contributed by atoms with van der Waals surface area (Å²) >= 11 is 0. The molecule has 138 valence electrons. The SMILES string of the molecule is O=C1C2CC=CCC2C(=O)N1c1ccc(OCCN2CCCCC2)cc1. The zero-order valence-corrected chi connectivity index (χ0v) is 15.1. The fraction of sp³-hybridized carbons (Fsp3) is 0.524. The van der Waals surface area contributed by atoms with Crippen molar-refractivity contribution in [1.29, 1.82) is 0 Å². The first-order valence-electron chi connectivity index (χ1n) is 9.72. The zero-order chi connectivity index (χ0) is 17.9. The lowest BCUT2D eigenvalue weighted by Gasteiger charge is -2.26. The number of hydrogen-bond acceptors (Lipinski definition) is 4. The van der Waals surface area contributed by atoms with Crippen molar-refractivity contribution in [2.24, 2.45) is 11.8 Å². The Bertz CT molecular complexity index is 666. The van der Waals surface area contributed by atoms with E-state index in [0.29, 0.717) is 25.1 Å². The number of likely N-dealkylation sites (tertiary alicyclic amines) is 1. The van der Waals surface area contributed by atoms with Crippen LogP contribution in [0.4, 0.5) is 5.69 Å². The first kappa shape index (κ1) is 17.3. The molecule has 3 aliphatic rings. The van der Waals surface area contributed by atoms with Gasteiger partial charge < -0.3 is 4.74 Å². The molecule has 2 unspecified atom stereocenters. The molecule has 0 spiro atoms. The van der Waals surface area contributed by atoms with Crippen LogP contribution in [0.25, 0.3) is 0 Å². The van der Waals surface area contributed by atoms with Crippen molar-refractivity contribution >= 4 is 17.5 Å². The highest BCUT2D eigenvalue weighted by molar-refractivity contribution is 6.22. The Hall–Kier alpha value is -2.14. The van der Waals surface area contributed by atoms with Crippen LogP contribution in [0.15, 0.2) is 36.4 Å². The number of imide groups is 1. The van der Waals surface area contributed by atoms with Gasteiger partial charge in [-0.05, 0) is 63.0 Å². The Morgan fingerprint density at radius 2 is 1.50 bits per heavy atom. The van der Waals surface area contributed by atoms with E-state index in [1.807, 2.05) is 36.4 Å². The lowest BCUT2D eigenvalue weighted by Crippen LogP contribution is -2.33. The molecule has 0 aromatic heterocycles. The van der Waals surface area contributed by atoms with Gasteiger partial charge in [-0.1, -0.05) is 18.6 Å². The fourth-order valence-corrected chi connectivity index (χ4v) is 4.22. The second kappa shape index (κ2) is 7.62. The molecule has 0 bridgehead atoms. The average Bonchev–Trinajstić information content (AvgIpc) is 2.94. The Labute approximate surface area is 154 Å². The van der Waals surface area contributed by atoms with Gasteiger partial charge in [-0.25, -0.2) is 0 Å². The summed E-state index contributed by atoms with van der Waals surface area (Å²) in [5.41, 5.74) is 0.651. The molecule has 2 amide bonds. The van der Waals surface area contributed by atoms with Crippen molar-refractivity contribution in [1.82, 2.24) is 4.90 Å². The van der Waals surface area contributed by atoms with Crippen molar-refractivity contribution in [3.63, 3.8) is 0 Å². The summed E-state index contributed by atoms with van der Waals surface area (Å²) in [5.74, 6) is 0.274. The van der Waals surface area contributed by atoms with Gasteiger partial charge >= 0.3 is 0 Å². The molecule has 0 radical (unpaired) electrons. The molecule has 1 aromatic rings. The molecule has 2 fully saturated rings. The lowest BCUT2D eigenvalue weighted by molar-refractivity contribution is -0.122. The number of benzene rings is 1. The van der Waals surface area contributed by atoms with E-state index in [-0.39, 0.29) is 23.7 Å². The summed E-state index contributed by atoms with van der Waals surface area (Å²) in [6, 6.07) is 7.34. The van der Waals surface area contributed by atoms with Gasteiger partial charge in [-0.15, -0.1) is 0 Å². The number of carbonyl (C=O) groups excluding carboxylic acids is 2. The van der Waals surface area contributed by atoms with Gasteiger partial charge in [0.05, 0.1) is 17.5 Å². The van der Waals surface area contributed by atoms with Crippen molar-refractivity contribution in [3.8, 4) is 5.75 Å². The van der Waals surface area contributed by atoms with Crippen LogP contribution >= 0.6 is 0 Å². The monoisotopic (exact) mass is 354 g/mol. The minimum atomic E-state index is -0.187. The quantitative estimate of drug-likeness (QED) is 0.602. The Balaban J connectivity index is 1.35. The molecule has 1 aromatic carbocycles. The van der Waals surface area contributed by atoms with Gasteiger partial charge in [-0.3, -0.25) is 19.4 Å². The molecule has 2 saturated heterocycles. The second-order valence-corrected chi connectivity index (χ2v) is 7.41. The smallest absolute Gasteiger partial charge is 0.238 e. The molecular weight excluding hydrogens is 328 g/mol. The third-order valence-electron chi connectivity index (χ3n) is 5.73. The predicted octanol–water partition coefficient (Wildman–Crippen LogP) is 3.01. The van der Waals surface area contributed by atoms with Crippen LogP contribution in [0.5, 0.6) is 5.75 Å². The molecule has 2 atom stereocenters. The van der Waals surface area contributed by atoms with Crippen LogP contribution in [-0.2, 0) is 9.59 Å². The van der Waals surface area contributed by atoms with Crippen molar-refractivity contribution in [2.45, 2.75) is 32.1 Å². The van der Waals surface area contributed by atoms with E-state index in [0.717, 1.165) is 12.3 Å². The summed E-state index contributed by atoms with van der Waals surface area (Å²) < 4.78 is 5.83. The van der Waals surface area contributed by atoms with Crippen LogP contribution in [0.1, 0.15) is 32.1 Å². The normalized spacial score (nSPS) is 26.2. The van der Waals surface area contributed by atoms with Crippen LogP contribution in [-0.4, -0.2) is 43.0 Å². The van der Waals surface area contributed by atoms with E-state index < -0.39 is 0 Å². The minimum absolute atomic E-state index is 0.0666. The van der Waals surface area contributed by atoms with E-state index in [2.05, 4.69) is 4.90 Å². The number of piperidine rings is 1. The van der Waals surface area contributed by atoms with Gasteiger partial charge in [0, 0.05) is 6.54 Å². The number of fused-ring (bicyclic) bond motifs is 1. The number of nitrogens with zero attached hydrogens (tertiary/aromatic N) is 2. The third-order valence-corrected chi connectivity index (χ3v) is 5.73. The number of carbonyl (C=O) groups is 2. The van der Waals surface area contributed by atoms with E-state index >= 15 is 0 Å². The Morgan fingerprint density at radius 3 is 2.12 bits per heavy atom. The summed E-state index contributed by atoms with van der Waals surface area (Å²) in [5, 5.41) is 0. The van der Waals surface area contributed by atoms with E-state index in [9.17, 15) is 9.59 Å². The van der Waals surface area contributed by atoms with Crippen LogP contribution in [0, 0.1) is 11.8 Å². The van der Waals surface area contributed by atoms with E-state index in [1.165, 1.54) is 37.3 Å². The maximum absolute atomic E-state index is 12.6.